The Morgan fingerprint density at radius 3 is 1.08 bits per heavy atom. The van der Waals surface area contributed by atoms with Crippen molar-refractivity contribution in [1.82, 2.24) is 4.98 Å². The Hall–Kier alpha value is -1.97. The average molecular weight is 594 g/mol. The Labute approximate surface area is 253 Å². The Kier molecular flexibility index (Phi) is 15.4. The summed E-state index contributed by atoms with van der Waals surface area (Å²) >= 11 is 0. The van der Waals surface area contributed by atoms with Gasteiger partial charge in [-0.15, -0.1) is 0 Å². The van der Waals surface area contributed by atoms with Gasteiger partial charge in [-0.2, -0.15) is 0 Å². The molecule has 38 heavy (non-hydrogen) atoms. The van der Waals surface area contributed by atoms with Crippen LogP contribution in [0.5, 0.6) is 0 Å². The molecular weight excluding hydrogens is 553 g/mol. The zero-order valence-electron chi connectivity index (χ0n) is 24.2. The van der Waals surface area contributed by atoms with Gasteiger partial charge in [0.2, 0.25) is 0 Å². The molecule has 0 aliphatic heterocycles. The summed E-state index contributed by atoms with van der Waals surface area (Å²) in [7, 11) is 0. The van der Waals surface area contributed by atoms with Crippen LogP contribution in [0.4, 0.5) is 11.4 Å². The molecule has 0 radical (unpaired) electrons. The van der Waals surface area contributed by atoms with Gasteiger partial charge in [0.1, 0.15) is 0 Å². The van der Waals surface area contributed by atoms with Crippen LogP contribution in [0.2, 0.25) is 0 Å². The Balaban J connectivity index is 0.00000456. The number of aromatic nitrogens is 1. The topological polar surface area (TPSA) is 37.6 Å². The van der Waals surface area contributed by atoms with Crippen molar-refractivity contribution in [3.8, 4) is 0 Å². The first-order valence-corrected chi connectivity index (χ1v) is 13.0. The Bertz CT molecular complexity index is 1150. The fourth-order valence-electron chi connectivity index (χ4n) is 4.72. The van der Waals surface area contributed by atoms with Gasteiger partial charge in [-0.25, -0.2) is 4.98 Å². The molecule has 0 saturated carbocycles. The summed E-state index contributed by atoms with van der Waals surface area (Å²) in [5.41, 5.74) is 14.9. The quantitative estimate of drug-likeness (QED) is 0.292. The minimum atomic E-state index is 0. The maximum atomic E-state index is 5.12. The van der Waals surface area contributed by atoms with E-state index in [2.05, 4.69) is 98.7 Å². The summed E-state index contributed by atoms with van der Waals surface area (Å²) in [6.45, 7) is 19.4. The van der Waals surface area contributed by atoms with E-state index in [-0.39, 0.29) is 41.9 Å². The van der Waals surface area contributed by atoms with Crippen molar-refractivity contribution < 1.29 is 41.9 Å². The zero-order chi connectivity index (χ0) is 25.7. The fourth-order valence-corrected chi connectivity index (χ4v) is 4.72. The molecule has 0 amide bonds. The summed E-state index contributed by atoms with van der Waals surface area (Å²) in [4.78, 5) is 15.3. The molecule has 0 bridgehead atoms. The van der Waals surface area contributed by atoms with Crippen LogP contribution in [0, 0.1) is 20.8 Å². The first-order valence-electron chi connectivity index (χ1n) is 13.0. The minimum Gasteiger partial charge on any atom is -1.00 e. The second kappa shape index (κ2) is 16.2. The van der Waals surface area contributed by atoms with E-state index in [0.29, 0.717) is 0 Å². The monoisotopic (exact) mass is 593 g/mol. The third kappa shape index (κ3) is 8.51. The predicted octanol–water partition coefficient (Wildman–Crippen LogP) is 2.54. The molecule has 0 atom stereocenters. The number of hydrogen-bond donors (Lipinski definition) is 0. The smallest absolute Gasteiger partial charge is 1.00 e. The number of hydrogen-bond acceptors (Lipinski definition) is 3. The molecule has 1 heterocycles. The van der Waals surface area contributed by atoms with Gasteiger partial charge in [-0.3, -0.25) is 9.98 Å². The zero-order valence-corrected chi connectivity index (χ0v) is 26.9. The van der Waals surface area contributed by atoms with E-state index in [1.54, 1.807) is 0 Å². The summed E-state index contributed by atoms with van der Waals surface area (Å²) in [5, 5.41) is 0. The number of nitrogens with zero attached hydrogens (tertiary/aromatic N) is 3. The van der Waals surface area contributed by atoms with Gasteiger partial charge in [-0.1, -0.05) is 63.1 Å². The minimum absolute atomic E-state index is 0. The van der Waals surface area contributed by atoms with E-state index < -0.39 is 0 Å². The second-order valence-corrected chi connectivity index (χ2v) is 9.59. The Morgan fingerprint density at radius 1 is 0.553 bits per heavy atom. The Morgan fingerprint density at radius 2 is 0.816 bits per heavy atom. The molecule has 0 aliphatic carbocycles. The van der Waals surface area contributed by atoms with E-state index in [0.717, 1.165) is 59.9 Å². The molecule has 206 valence electrons. The molecular formula is C32H41Cl2FeN3. The van der Waals surface area contributed by atoms with Gasteiger partial charge >= 0.3 is 17.1 Å². The van der Waals surface area contributed by atoms with Crippen LogP contribution in [0.3, 0.4) is 0 Å². The normalized spacial score (nSPS) is 11.4. The summed E-state index contributed by atoms with van der Waals surface area (Å²) in [6, 6.07) is 13.3. The van der Waals surface area contributed by atoms with E-state index in [4.69, 9.17) is 15.0 Å². The van der Waals surface area contributed by atoms with E-state index in [1.807, 2.05) is 0 Å². The first-order chi connectivity index (χ1) is 16.7. The molecule has 3 rings (SSSR count). The van der Waals surface area contributed by atoms with Crippen LogP contribution in [0.15, 0.2) is 46.4 Å². The molecule has 3 aromatic rings. The fraction of sp³-hybridized carbons (Fsp3) is 0.406. The van der Waals surface area contributed by atoms with Crippen molar-refractivity contribution in [2.75, 3.05) is 0 Å². The van der Waals surface area contributed by atoms with Crippen LogP contribution in [0.25, 0.3) is 0 Å². The molecule has 0 N–H and O–H groups in total. The van der Waals surface area contributed by atoms with Crippen LogP contribution < -0.4 is 24.8 Å². The number of rotatable bonds is 8. The van der Waals surface area contributed by atoms with Gasteiger partial charge in [0.05, 0.1) is 34.2 Å². The van der Waals surface area contributed by atoms with Crippen molar-refractivity contribution in [2.45, 2.75) is 88.0 Å². The third-order valence-corrected chi connectivity index (χ3v) is 6.62. The SMILES string of the molecule is CCc1cc(C)cc(CC)c1N=C(C)c1cc(C)cc(C(C)=Nc2c(CC)cc(C)cc2CC)n1.[Cl-].[Cl-].[Fe+2]. The van der Waals surface area contributed by atoms with Crippen LogP contribution in [-0.2, 0) is 42.8 Å². The maximum Gasteiger partial charge on any atom is 2.00 e. The van der Waals surface area contributed by atoms with Crippen LogP contribution in [0.1, 0.15) is 91.9 Å². The standard InChI is InChI=1S/C32H41N3.2ClH.Fe/c1-10-25-14-20(5)15-26(11-2)31(25)33-23(8)29-18-22(7)19-30(35-29)24(9)34-32-27(12-3)16-21(6)17-28(32)13-4;;;/h14-19H,10-13H2,1-9H3;2*1H;/q;;;+2/p-2. The van der Waals surface area contributed by atoms with Crippen molar-refractivity contribution in [2.24, 2.45) is 9.98 Å². The molecule has 2 aromatic carbocycles. The predicted molar refractivity (Wildman–Crippen MR) is 153 cm³/mol. The number of pyridine rings is 1. The molecule has 0 aliphatic rings. The second-order valence-electron chi connectivity index (χ2n) is 9.59. The van der Waals surface area contributed by atoms with Crippen molar-refractivity contribution >= 4 is 22.8 Å². The molecule has 0 spiro atoms. The van der Waals surface area contributed by atoms with Crippen molar-refractivity contribution in [3.05, 3.63) is 86.7 Å². The first kappa shape index (κ1) is 36.0. The van der Waals surface area contributed by atoms with E-state index in [9.17, 15) is 0 Å². The molecule has 6 heteroatoms. The molecule has 0 unspecified atom stereocenters. The maximum absolute atomic E-state index is 5.12. The summed E-state index contributed by atoms with van der Waals surface area (Å²) < 4.78 is 0. The molecule has 3 nitrogen and oxygen atoms in total. The number of aliphatic imine (C=N–C) groups is 2. The molecule has 1 aromatic heterocycles. The van der Waals surface area contributed by atoms with Gasteiger partial charge < -0.3 is 24.8 Å². The summed E-state index contributed by atoms with van der Waals surface area (Å²) in [6.07, 6.45) is 3.87. The largest absolute Gasteiger partial charge is 2.00 e. The van der Waals surface area contributed by atoms with E-state index >= 15 is 0 Å². The summed E-state index contributed by atoms with van der Waals surface area (Å²) in [5.74, 6) is 0. The van der Waals surface area contributed by atoms with Crippen LogP contribution in [-0.4, -0.2) is 16.4 Å². The molecule has 0 saturated heterocycles. The van der Waals surface area contributed by atoms with Crippen LogP contribution >= 0.6 is 0 Å². The van der Waals surface area contributed by atoms with Gasteiger partial charge in [0, 0.05) is 0 Å². The van der Waals surface area contributed by atoms with Gasteiger partial charge in [0.15, 0.2) is 0 Å². The number of benzene rings is 2. The molecule has 0 fully saturated rings. The number of halogens is 2. The van der Waals surface area contributed by atoms with E-state index in [1.165, 1.54) is 38.9 Å². The van der Waals surface area contributed by atoms with Gasteiger partial charge in [0.25, 0.3) is 0 Å². The average Bonchev–Trinajstić information content (AvgIpc) is 2.84. The third-order valence-electron chi connectivity index (χ3n) is 6.62. The van der Waals surface area contributed by atoms with Gasteiger partial charge in [-0.05, 0) is 100 Å². The van der Waals surface area contributed by atoms with Crippen molar-refractivity contribution in [3.63, 3.8) is 0 Å². The van der Waals surface area contributed by atoms with Crippen molar-refractivity contribution in [1.29, 1.82) is 0 Å². The number of aryl methyl sites for hydroxylation is 7.